The molecule has 0 bridgehead atoms. The third-order valence-electron chi connectivity index (χ3n) is 7.68. The Labute approximate surface area is 234 Å². The van der Waals surface area contributed by atoms with Crippen molar-refractivity contribution in [2.45, 2.75) is 26.1 Å². The van der Waals surface area contributed by atoms with Crippen LogP contribution >= 0.6 is 0 Å². The molecule has 0 aliphatic carbocycles. The van der Waals surface area contributed by atoms with Gasteiger partial charge in [-0.15, -0.1) is 0 Å². The van der Waals surface area contributed by atoms with Crippen LogP contribution in [0.2, 0.25) is 0 Å². The molecule has 0 atom stereocenters. The Hall–Kier alpha value is -4.55. The van der Waals surface area contributed by atoms with Gasteiger partial charge in [0.2, 0.25) is 6.79 Å². The Bertz CT molecular complexity index is 1590. The van der Waals surface area contributed by atoms with Gasteiger partial charge in [0.15, 0.2) is 11.5 Å². The molecule has 7 rings (SSSR count). The predicted molar refractivity (Wildman–Crippen MR) is 155 cm³/mol. The maximum absolute atomic E-state index is 5.89. The lowest BCUT2D eigenvalue weighted by molar-refractivity contribution is 0.174. The fraction of sp³-hybridized carbons (Fsp3) is 0.206. The van der Waals surface area contributed by atoms with E-state index in [9.17, 15) is 0 Å². The number of nitrogens with zero attached hydrogens (tertiary/aromatic N) is 3. The number of fused-ring (bicyclic) bond motifs is 2. The van der Waals surface area contributed by atoms with Gasteiger partial charge in [-0.05, 0) is 34.9 Å². The zero-order valence-corrected chi connectivity index (χ0v) is 22.5. The normalized spacial score (nSPS) is 13.4. The summed E-state index contributed by atoms with van der Waals surface area (Å²) in [5.41, 5.74) is 8.09. The van der Waals surface area contributed by atoms with Crippen LogP contribution in [0.3, 0.4) is 0 Å². The lowest BCUT2D eigenvalue weighted by atomic mass is 10.1. The lowest BCUT2D eigenvalue weighted by Gasteiger charge is -2.24. The highest BCUT2D eigenvalue weighted by molar-refractivity contribution is 5.68. The molecule has 1 aromatic heterocycles. The molecule has 2 aliphatic heterocycles. The van der Waals surface area contributed by atoms with E-state index in [2.05, 4.69) is 95.4 Å². The molecule has 200 valence electrons. The molecule has 6 nitrogen and oxygen atoms in total. The first-order valence-corrected chi connectivity index (χ1v) is 13.7. The van der Waals surface area contributed by atoms with Gasteiger partial charge in [-0.2, -0.15) is 0 Å². The molecular weight excluding hydrogens is 498 g/mol. The molecular formula is C34H31N3O3. The zero-order chi connectivity index (χ0) is 26.9. The second kappa shape index (κ2) is 10.5. The van der Waals surface area contributed by atoms with Crippen molar-refractivity contribution in [3.8, 4) is 39.9 Å². The van der Waals surface area contributed by atoms with Crippen LogP contribution in [-0.4, -0.2) is 27.9 Å². The van der Waals surface area contributed by atoms with Crippen molar-refractivity contribution in [3.05, 3.63) is 119 Å². The summed E-state index contributed by atoms with van der Waals surface area (Å²) >= 11 is 0. The molecule has 0 radical (unpaired) electrons. The van der Waals surface area contributed by atoms with Crippen molar-refractivity contribution in [3.63, 3.8) is 0 Å². The Kier molecular flexibility index (Phi) is 6.46. The Balaban J connectivity index is 1.27. The van der Waals surface area contributed by atoms with Crippen LogP contribution in [0.25, 0.3) is 22.6 Å². The number of aromatic nitrogens is 2. The molecule has 4 aromatic carbocycles. The quantitative estimate of drug-likeness (QED) is 0.226. The van der Waals surface area contributed by atoms with E-state index in [1.165, 1.54) is 22.4 Å². The van der Waals surface area contributed by atoms with Gasteiger partial charge in [-0.25, -0.2) is 4.98 Å². The van der Waals surface area contributed by atoms with Crippen molar-refractivity contribution in [1.82, 2.24) is 14.5 Å². The van der Waals surface area contributed by atoms with E-state index in [4.69, 9.17) is 19.2 Å². The molecule has 0 amide bonds. The van der Waals surface area contributed by atoms with E-state index in [-0.39, 0.29) is 6.79 Å². The van der Waals surface area contributed by atoms with E-state index in [1.807, 2.05) is 18.2 Å². The highest BCUT2D eigenvalue weighted by atomic mass is 16.7. The standard InChI is InChI=1S/C34H31N3O3/c1-36-29(33(27-8-4-2-5-9-27)35-34(36)28-10-6-3-7-11-28)22-37(20-24-12-14-26-16-17-38-31(26)18-24)21-25-13-15-30-32(19-25)40-23-39-30/h2-15,18-19H,16-17,20-23H2,1H3. The molecule has 6 heteroatoms. The SMILES string of the molecule is Cn1c(-c2ccccc2)nc(-c2ccccc2)c1CN(Cc1ccc2c(c1)OCC2)Cc1ccc2c(c1)OCO2. The molecule has 40 heavy (non-hydrogen) atoms. The summed E-state index contributed by atoms with van der Waals surface area (Å²) in [6.07, 6.45) is 0.980. The maximum atomic E-state index is 5.89. The summed E-state index contributed by atoms with van der Waals surface area (Å²) in [6.45, 7) is 3.26. The number of benzene rings is 4. The van der Waals surface area contributed by atoms with Gasteiger partial charge < -0.3 is 18.8 Å². The largest absolute Gasteiger partial charge is 0.493 e. The average molecular weight is 530 g/mol. The van der Waals surface area contributed by atoms with Gasteiger partial charge in [0, 0.05) is 44.2 Å². The van der Waals surface area contributed by atoms with Gasteiger partial charge in [0.1, 0.15) is 11.6 Å². The van der Waals surface area contributed by atoms with Crippen LogP contribution in [-0.2, 0) is 33.1 Å². The molecule has 2 aliphatic rings. The Morgan fingerprint density at radius 3 is 2.15 bits per heavy atom. The first kappa shape index (κ1) is 24.5. The molecule has 0 N–H and O–H groups in total. The number of ether oxygens (including phenoxy) is 3. The van der Waals surface area contributed by atoms with Crippen molar-refractivity contribution >= 4 is 0 Å². The second-order valence-electron chi connectivity index (χ2n) is 10.4. The minimum atomic E-state index is 0.273. The molecule has 0 fully saturated rings. The second-order valence-corrected chi connectivity index (χ2v) is 10.4. The molecule has 0 saturated heterocycles. The summed E-state index contributed by atoms with van der Waals surface area (Å²) in [5, 5.41) is 0. The minimum Gasteiger partial charge on any atom is -0.493 e. The smallest absolute Gasteiger partial charge is 0.231 e. The van der Waals surface area contributed by atoms with Gasteiger partial charge in [0.05, 0.1) is 18.0 Å². The van der Waals surface area contributed by atoms with E-state index in [0.29, 0.717) is 6.54 Å². The third kappa shape index (κ3) is 4.82. The molecule has 3 heterocycles. The lowest BCUT2D eigenvalue weighted by Crippen LogP contribution is -2.24. The predicted octanol–water partition coefficient (Wildman–Crippen LogP) is 6.62. The van der Waals surface area contributed by atoms with E-state index in [0.717, 1.165) is 66.0 Å². The van der Waals surface area contributed by atoms with Crippen LogP contribution < -0.4 is 14.2 Å². The number of hydrogen-bond donors (Lipinski definition) is 0. The first-order chi connectivity index (χ1) is 19.7. The van der Waals surface area contributed by atoms with Crippen molar-refractivity contribution in [2.75, 3.05) is 13.4 Å². The fourth-order valence-corrected chi connectivity index (χ4v) is 5.63. The number of hydrogen-bond acceptors (Lipinski definition) is 5. The summed E-state index contributed by atoms with van der Waals surface area (Å²) in [6, 6.07) is 33.8. The van der Waals surface area contributed by atoms with Gasteiger partial charge in [0.25, 0.3) is 0 Å². The van der Waals surface area contributed by atoms with Crippen molar-refractivity contribution in [2.24, 2.45) is 7.05 Å². The van der Waals surface area contributed by atoms with E-state index in [1.54, 1.807) is 0 Å². The van der Waals surface area contributed by atoms with Crippen LogP contribution in [0.4, 0.5) is 0 Å². The maximum Gasteiger partial charge on any atom is 0.231 e. The summed E-state index contributed by atoms with van der Waals surface area (Å²) < 4.78 is 19.4. The minimum absolute atomic E-state index is 0.273. The fourth-order valence-electron chi connectivity index (χ4n) is 5.63. The summed E-state index contributed by atoms with van der Waals surface area (Å²) in [7, 11) is 2.12. The third-order valence-corrected chi connectivity index (χ3v) is 7.68. The van der Waals surface area contributed by atoms with E-state index >= 15 is 0 Å². The highest BCUT2D eigenvalue weighted by Gasteiger charge is 2.22. The van der Waals surface area contributed by atoms with Crippen molar-refractivity contribution in [1.29, 1.82) is 0 Å². The van der Waals surface area contributed by atoms with Crippen LogP contribution in [0, 0.1) is 0 Å². The zero-order valence-electron chi connectivity index (χ0n) is 22.5. The van der Waals surface area contributed by atoms with Crippen LogP contribution in [0.5, 0.6) is 17.2 Å². The molecule has 0 saturated carbocycles. The molecule has 5 aromatic rings. The molecule has 0 unspecified atom stereocenters. The Morgan fingerprint density at radius 1 is 0.700 bits per heavy atom. The topological polar surface area (TPSA) is 48.8 Å². The first-order valence-electron chi connectivity index (χ1n) is 13.7. The summed E-state index contributed by atoms with van der Waals surface area (Å²) in [5.74, 6) is 3.58. The highest BCUT2D eigenvalue weighted by Crippen LogP contribution is 2.35. The van der Waals surface area contributed by atoms with Crippen LogP contribution in [0.15, 0.2) is 97.1 Å². The van der Waals surface area contributed by atoms with Gasteiger partial charge in [-0.3, -0.25) is 4.90 Å². The number of rotatable bonds is 8. The average Bonchev–Trinajstić information content (AvgIpc) is 3.73. The number of imidazole rings is 1. The summed E-state index contributed by atoms with van der Waals surface area (Å²) in [4.78, 5) is 7.66. The van der Waals surface area contributed by atoms with Gasteiger partial charge >= 0.3 is 0 Å². The van der Waals surface area contributed by atoms with Crippen LogP contribution in [0.1, 0.15) is 22.4 Å². The van der Waals surface area contributed by atoms with Gasteiger partial charge in [-0.1, -0.05) is 78.9 Å². The molecule has 0 spiro atoms. The Morgan fingerprint density at radius 2 is 1.38 bits per heavy atom. The monoisotopic (exact) mass is 529 g/mol. The van der Waals surface area contributed by atoms with E-state index < -0.39 is 0 Å². The van der Waals surface area contributed by atoms with Crippen molar-refractivity contribution < 1.29 is 14.2 Å².